The van der Waals surface area contributed by atoms with Gasteiger partial charge in [0, 0.05) is 40.4 Å². The summed E-state index contributed by atoms with van der Waals surface area (Å²) in [6, 6.07) is 16.0. The molecule has 0 saturated heterocycles. The van der Waals surface area contributed by atoms with E-state index in [9.17, 15) is 0 Å². The third kappa shape index (κ3) is 4.16. The molecule has 0 aliphatic heterocycles. The molecule has 120 valence electrons. The first kappa shape index (κ1) is 16.7. The maximum absolute atomic E-state index is 6.08. The first-order valence-electron chi connectivity index (χ1n) is 7.97. The predicted molar refractivity (Wildman–Crippen MR) is 102 cm³/mol. The zero-order chi connectivity index (χ0) is 16.7. The lowest BCUT2D eigenvalue weighted by Crippen LogP contribution is -2.13. The van der Waals surface area contributed by atoms with Crippen molar-refractivity contribution in [3.05, 3.63) is 72.3 Å². The first-order valence-corrected chi connectivity index (χ1v) is 7.97. The van der Waals surface area contributed by atoms with Gasteiger partial charge >= 0.3 is 0 Å². The summed E-state index contributed by atoms with van der Waals surface area (Å²) in [6.07, 6.45) is 3.09. The van der Waals surface area contributed by atoms with Gasteiger partial charge in [0.15, 0.2) is 0 Å². The van der Waals surface area contributed by atoms with Crippen LogP contribution in [0.25, 0.3) is 11.4 Å². The van der Waals surface area contributed by atoms with Crippen LogP contribution in [-0.2, 0) is 0 Å². The summed E-state index contributed by atoms with van der Waals surface area (Å²) in [7, 11) is 0. The summed E-state index contributed by atoms with van der Waals surface area (Å²) < 4.78 is 0. The van der Waals surface area contributed by atoms with Crippen LogP contribution in [0.3, 0.4) is 0 Å². The average Bonchev–Trinajstić information content (AvgIpc) is 2.58. The number of rotatable bonds is 7. The highest BCUT2D eigenvalue weighted by atomic mass is 14.9. The van der Waals surface area contributed by atoms with Gasteiger partial charge in [0.25, 0.3) is 0 Å². The van der Waals surface area contributed by atoms with E-state index in [1.54, 1.807) is 0 Å². The van der Waals surface area contributed by atoms with E-state index in [0.29, 0.717) is 0 Å². The van der Waals surface area contributed by atoms with Crippen LogP contribution in [0, 0.1) is 0 Å². The SMILES string of the molecule is C=C(N/C(=C/C)c1ccccc1N)c1ccccc1NCCC. The van der Waals surface area contributed by atoms with E-state index in [1.165, 1.54) is 0 Å². The Hall–Kier alpha value is -2.68. The van der Waals surface area contributed by atoms with Crippen molar-refractivity contribution in [3.63, 3.8) is 0 Å². The lowest BCUT2D eigenvalue weighted by molar-refractivity contribution is 0.978. The van der Waals surface area contributed by atoms with Gasteiger partial charge in [0.1, 0.15) is 0 Å². The molecule has 0 aliphatic carbocycles. The minimum absolute atomic E-state index is 0.748. The molecular formula is C20H25N3. The van der Waals surface area contributed by atoms with E-state index in [-0.39, 0.29) is 0 Å². The first-order chi connectivity index (χ1) is 11.2. The molecule has 2 aromatic rings. The molecule has 0 spiro atoms. The van der Waals surface area contributed by atoms with Crippen molar-refractivity contribution < 1.29 is 0 Å². The fourth-order valence-electron chi connectivity index (χ4n) is 2.43. The van der Waals surface area contributed by atoms with Gasteiger partial charge in [0.05, 0.1) is 0 Å². The fraction of sp³-hybridized carbons (Fsp3) is 0.200. The van der Waals surface area contributed by atoms with E-state index in [2.05, 4.69) is 36.3 Å². The second-order valence-corrected chi connectivity index (χ2v) is 5.37. The zero-order valence-electron chi connectivity index (χ0n) is 13.9. The molecule has 4 N–H and O–H groups in total. The number of nitrogen functional groups attached to an aromatic ring is 1. The Kier molecular flexibility index (Phi) is 5.87. The molecule has 3 nitrogen and oxygen atoms in total. The molecule has 2 aromatic carbocycles. The number of nitrogens with one attached hydrogen (secondary N) is 2. The fourth-order valence-corrected chi connectivity index (χ4v) is 2.43. The van der Waals surface area contributed by atoms with Crippen molar-refractivity contribution in [2.75, 3.05) is 17.6 Å². The normalized spacial score (nSPS) is 11.1. The smallest absolute Gasteiger partial charge is 0.0435 e. The maximum Gasteiger partial charge on any atom is 0.0435 e. The second-order valence-electron chi connectivity index (χ2n) is 5.37. The highest BCUT2D eigenvalue weighted by Gasteiger charge is 2.09. The number of hydrogen-bond donors (Lipinski definition) is 3. The summed E-state index contributed by atoms with van der Waals surface area (Å²) in [5, 5.41) is 6.84. The van der Waals surface area contributed by atoms with Crippen LogP contribution < -0.4 is 16.4 Å². The Morgan fingerprint density at radius 3 is 2.39 bits per heavy atom. The van der Waals surface area contributed by atoms with E-state index < -0.39 is 0 Å². The molecule has 0 saturated carbocycles. The van der Waals surface area contributed by atoms with Crippen LogP contribution in [-0.4, -0.2) is 6.54 Å². The summed E-state index contributed by atoms with van der Waals surface area (Å²) in [5.74, 6) is 0. The van der Waals surface area contributed by atoms with Gasteiger partial charge in [-0.15, -0.1) is 0 Å². The molecule has 0 atom stereocenters. The van der Waals surface area contributed by atoms with Crippen LogP contribution in [0.2, 0.25) is 0 Å². The molecule has 0 radical (unpaired) electrons. The van der Waals surface area contributed by atoms with Crippen LogP contribution in [0.5, 0.6) is 0 Å². The molecule has 0 fully saturated rings. The summed E-state index contributed by atoms with van der Waals surface area (Å²) in [4.78, 5) is 0. The van der Waals surface area contributed by atoms with E-state index in [0.717, 1.165) is 46.9 Å². The molecule has 0 bridgehead atoms. The quantitative estimate of drug-likeness (QED) is 0.649. The van der Waals surface area contributed by atoms with Crippen LogP contribution in [0.1, 0.15) is 31.4 Å². The molecule has 23 heavy (non-hydrogen) atoms. The third-order valence-electron chi connectivity index (χ3n) is 3.64. The number of hydrogen-bond acceptors (Lipinski definition) is 3. The van der Waals surface area contributed by atoms with E-state index in [4.69, 9.17) is 5.73 Å². The van der Waals surface area contributed by atoms with Crippen molar-refractivity contribution in [3.8, 4) is 0 Å². The summed E-state index contributed by atoms with van der Waals surface area (Å²) in [5.41, 5.74) is 11.8. The number of anilines is 2. The molecule has 0 aromatic heterocycles. The van der Waals surface area contributed by atoms with Crippen LogP contribution >= 0.6 is 0 Å². The molecular weight excluding hydrogens is 282 g/mol. The Balaban J connectivity index is 2.23. The minimum atomic E-state index is 0.748. The molecule has 0 amide bonds. The highest BCUT2D eigenvalue weighted by Crippen LogP contribution is 2.25. The van der Waals surface area contributed by atoms with Gasteiger partial charge in [-0.3, -0.25) is 0 Å². The second kappa shape index (κ2) is 8.08. The minimum Gasteiger partial charge on any atom is -0.398 e. The van der Waals surface area contributed by atoms with Gasteiger partial charge in [0.2, 0.25) is 0 Å². The molecule has 0 unspecified atom stereocenters. The van der Waals surface area contributed by atoms with E-state index >= 15 is 0 Å². The summed E-state index contributed by atoms with van der Waals surface area (Å²) in [6.45, 7) is 9.28. The highest BCUT2D eigenvalue weighted by molar-refractivity contribution is 5.83. The lowest BCUT2D eigenvalue weighted by Gasteiger charge is -2.18. The Bertz CT molecular complexity index is 702. The van der Waals surface area contributed by atoms with Gasteiger partial charge in [-0.05, 0) is 25.5 Å². The zero-order valence-corrected chi connectivity index (χ0v) is 13.9. The van der Waals surface area contributed by atoms with Crippen molar-refractivity contribution in [1.29, 1.82) is 0 Å². The number of benzene rings is 2. The molecule has 0 aliphatic rings. The van der Waals surface area contributed by atoms with Crippen LogP contribution in [0.4, 0.5) is 11.4 Å². The van der Waals surface area contributed by atoms with E-state index in [1.807, 2.05) is 49.4 Å². The molecule has 2 rings (SSSR count). The number of nitrogens with two attached hydrogens (primary N) is 1. The van der Waals surface area contributed by atoms with Gasteiger partial charge < -0.3 is 16.4 Å². The topological polar surface area (TPSA) is 50.1 Å². The lowest BCUT2D eigenvalue weighted by atomic mass is 10.1. The number of allylic oxidation sites excluding steroid dienone is 1. The summed E-state index contributed by atoms with van der Waals surface area (Å²) >= 11 is 0. The third-order valence-corrected chi connectivity index (χ3v) is 3.64. The van der Waals surface area contributed by atoms with Crippen molar-refractivity contribution in [1.82, 2.24) is 5.32 Å². The predicted octanol–water partition coefficient (Wildman–Crippen LogP) is 4.71. The van der Waals surface area contributed by atoms with Crippen molar-refractivity contribution in [2.45, 2.75) is 20.3 Å². The number of para-hydroxylation sites is 2. The molecule has 3 heteroatoms. The van der Waals surface area contributed by atoms with Gasteiger partial charge in [-0.2, -0.15) is 0 Å². The van der Waals surface area contributed by atoms with Gasteiger partial charge in [-0.1, -0.05) is 56.0 Å². The molecule has 0 heterocycles. The monoisotopic (exact) mass is 307 g/mol. The largest absolute Gasteiger partial charge is 0.398 e. The average molecular weight is 307 g/mol. The maximum atomic E-state index is 6.08. The van der Waals surface area contributed by atoms with Crippen molar-refractivity contribution in [2.24, 2.45) is 0 Å². The van der Waals surface area contributed by atoms with Crippen molar-refractivity contribution >= 4 is 22.8 Å². The van der Waals surface area contributed by atoms with Crippen LogP contribution in [0.15, 0.2) is 61.2 Å². The Morgan fingerprint density at radius 1 is 1.09 bits per heavy atom. The Morgan fingerprint density at radius 2 is 1.74 bits per heavy atom. The van der Waals surface area contributed by atoms with Gasteiger partial charge in [-0.25, -0.2) is 0 Å². The standard InChI is InChI=1S/C20H25N3/c1-4-14-22-20-13-9-7-10-16(20)15(3)23-19(5-2)17-11-6-8-12-18(17)21/h5-13,22-23H,3-4,14,21H2,1-2H3/b19-5+. The Labute approximate surface area is 138 Å².